The maximum Gasteiger partial charge on any atom is 0.235 e. The Morgan fingerprint density at radius 2 is 1.85 bits per heavy atom. The average Bonchev–Trinajstić information content (AvgIpc) is 2.47. The molecule has 1 heterocycles. The van der Waals surface area contributed by atoms with Crippen molar-refractivity contribution in [2.75, 3.05) is 13.1 Å². The molecular weight excluding hydrogens is 266 g/mol. The van der Waals surface area contributed by atoms with Crippen molar-refractivity contribution in [3.63, 3.8) is 0 Å². The molecule has 0 bridgehead atoms. The lowest BCUT2D eigenvalue weighted by Gasteiger charge is -2.34. The van der Waals surface area contributed by atoms with Crippen LogP contribution in [0, 0.1) is 11.8 Å². The van der Waals surface area contributed by atoms with Crippen molar-refractivity contribution in [3.05, 3.63) is 35.9 Å². The number of nitrogens with zero attached hydrogens (tertiary/aromatic N) is 1. The fraction of sp³-hybridized carbons (Fsp3) is 0.588. The number of thiol groups is 1. The summed E-state index contributed by atoms with van der Waals surface area (Å²) in [5.41, 5.74) is 1.41. The van der Waals surface area contributed by atoms with Crippen molar-refractivity contribution in [2.45, 2.75) is 38.4 Å². The fourth-order valence-corrected chi connectivity index (χ4v) is 2.94. The van der Waals surface area contributed by atoms with Gasteiger partial charge in [0.05, 0.1) is 5.25 Å². The molecular formula is C17H25NOS. The van der Waals surface area contributed by atoms with Crippen LogP contribution in [-0.4, -0.2) is 29.1 Å². The van der Waals surface area contributed by atoms with Crippen LogP contribution in [0.1, 0.15) is 32.3 Å². The SMILES string of the molecule is CC(C)C(S)C(=O)N1CCC(Cc2ccccc2)CC1. The smallest absolute Gasteiger partial charge is 0.235 e. The summed E-state index contributed by atoms with van der Waals surface area (Å²) in [5.74, 6) is 1.22. The van der Waals surface area contributed by atoms with Gasteiger partial charge in [0, 0.05) is 13.1 Å². The Bertz CT molecular complexity index is 424. The van der Waals surface area contributed by atoms with Crippen LogP contribution in [0.15, 0.2) is 30.3 Å². The van der Waals surface area contributed by atoms with Crippen molar-refractivity contribution in [1.82, 2.24) is 4.90 Å². The first-order chi connectivity index (χ1) is 9.58. The first kappa shape index (κ1) is 15.4. The molecule has 2 rings (SSSR count). The van der Waals surface area contributed by atoms with E-state index in [9.17, 15) is 4.79 Å². The molecule has 1 fully saturated rings. The van der Waals surface area contributed by atoms with Gasteiger partial charge in [-0.2, -0.15) is 12.6 Å². The zero-order valence-electron chi connectivity index (χ0n) is 12.5. The third-order valence-corrected chi connectivity index (χ3v) is 5.00. The minimum Gasteiger partial charge on any atom is -0.342 e. The summed E-state index contributed by atoms with van der Waals surface area (Å²) in [6.45, 7) is 5.88. The number of likely N-dealkylation sites (tertiary alicyclic amines) is 1. The number of hydrogen-bond donors (Lipinski definition) is 1. The molecule has 1 aliphatic heterocycles. The third-order valence-electron chi connectivity index (χ3n) is 4.18. The number of benzene rings is 1. The number of rotatable bonds is 4. The second kappa shape index (κ2) is 7.16. The molecule has 0 aromatic heterocycles. The van der Waals surface area contributed by atoms with Crippen LogP contribution >= 0.6 is 12.6 Å². The van der Waals surface area contributed by atoms with Crippen LogP contribution in [0.3, 0.4) is 0 Å². The number of carbonyl (C=O) groups excluding carboxylic acids is 1. The topological polar surface area (TPSA) is 20.3 Å². The van der Waals surface area contributed by atoms with Crippen molar-refractivity contribution in [1.29, 1.82) is 0 Å². The van der Waals surface area contributed by atoms with Gasteiger partial charge in [0.15, 0.2) is 0 Å². The van der Waals surface area contributed by atoms with Gasteiger partial charge in [-0.05, 0) is 36.7 Å². The van der Waals surface area contributed by atoms with E-state index < -0.39 is 0 Å². The Labute approximate surface area is 128 Å². The van der Waals surface area contributed by atoms with E-state index in [2.05, 4.69) is 56.8 Å². The molecule has 2 nitrogen and oxygen atoms in total. The lowest BCUT2D eigenvalue weighted by atomic mass is 9.90. The van der Waals surface area contributed by atoms with Gasteiger partial charge >= 0.3 is 0 Å². The predicted molar refractivity (Wildman–Crippen MR) is 87.1 cm³/mol. The largest absolute Gasteiger partial charge is 0.342 e. The summed E-state index contributed by atoms with van der Waals surface area (Å²) in [5, 5.41) is -0.152. The van der Waals surface area contributed by atoms with Crippen molar-refractivity contribution >= 4 is 18.5 Å². The molecule has 3 heteroatoms. The second-order valence-electron chi connectivity index (χ2n) is 6.15. The van der Waals surface area contributed by atoms with E-state index in [-0.39, 0.29) is 11.2 Å². The van der Waals surface area contributed by atoms with Gasteiger partial charge in [0.1, 0.15) is 0 Å². The minimum atomic E-state index is -0.152. The molecule has 0 radical (unpaired) electrons. The monoisotopic (exact) mass is 291 g/mol. The normalized spacial score (nSPS) is 18.3. The van der Waals surface area contributed by atoms with Crippen LogP contribution in [0.25, 0.3) is 0 Å². The Morgan fingerprint density at radius 3 is 2.40 bits per heavy atom. The molecule has 1 atom stereocenters. The summed E-state index contributed by atoms with van der Waals surface area (Å²) in [7, 11) is 0. The molecule has 1 aromatic rings. The maximum absolute atomic E-state index is 12.3. The van der Waals surface area contributed by atoms with E-state index in [0.717, 1.165) is 32.4 Å². The summed E-state index contributed by atoms with van der Waals surface area (Å²) >= 11 is 4.44. The zero-order chi connectivity index (χ0) is 14.5. The number of amides is 1. The Morgan fingerprint density at radius 1 is 1.25 bits per heavy atom. The first-order valence-corrected chi connectivity index (χ1v) is 8.10. The van der Waals surface area contributed by atoms with E-state index >= 15 is 0 Å². The zero-order valence-corrected chi connectivity index (χ0v) is 13.4. The van der Waals surface area contributed by atoms with Crippen molar-refractivity contribution < 1.29 is 4.79 Å². The van der Waals surface area contributed by atoms with E-state index in [1.165, 1.54) is 5.56 Å². The number of hydrogen-bond acceptors (Lipinski definition) is 2. The van der Waals surface area contributed by atoms with Gasteiger partial charge in [-0.1, -0.05) is 44.2 Å². The van der Waals surface area contributed by atoms with Gasteiger partial charge in [0.25, 0.3) is 0 Å². The van der Waals surface area contributed by atoms with Gasteiger partial charge in [-0.3, -0.25) is 4.79 Å². The highest BCUT2D eigenvalue weighted by atomic mass is 32.1. The van der Waals surface area contributed by atoms with E-state index in [1.54, 1.807) is 0 Å². The quantitative estimate of drug-likeness (QED) is 0.843. The van der Waals surface area contributed by atoms with Crippen molar-refractivity contribution in [3.8, 4) is 0 Å². The van der Waals surface area contributed by atoms with Crippen LogP contribution in [-0.2, 0) is 11.2 Å². The molecule has 1 unspecified atom stereocenters. The van der Waals surface area contributed by atoms with E-state index in [1.807, 2.05) is 4.90 Å². The summed E-state index contributed by atoms with van der Waals surface area (Å²) in [4.78, 5) is 14.3. The van der Waals surface area contributed by atoms with Crippen LogP contribution in [0.2, 0.25) is 0 Å². The molecule has 1 amide bonds. The van der Waals surface area contributed by atoms with Crippen LogP contribution in [0.5, 0.6) is 0 Å². The second-order valence-corrected chi connectivity index (χ2v) is 6.70. The molecule has 0 N–H and O–H groups in total. The molecule has 1 aliphatic rings. The highest BCUT2D eigenvalue weighted by molar-refractivity contribution is 7.81. The van der Waals surface area contributed by atoms with Gasteiger partial charge in [0.2, 0.25) is 5.91 Å². The van der Waals surface area contributed by atoms with Gasteiger partial charge in [-0.15, -0.1) is 0 Å². The third kappa shape index (κ3) is 4.02. The number of piperidine rings is 1. The average molecular weight is 291 g/mol. The summed E-state index contributed by atoms with van der Waals surface area (Å²) in [6.07, 6.45) is 3.36. The first-order valence-electron chi connectivity index (χ1n) is 7.58. The maximum atomic E-state index is 12.3. The lowest BCUT2D eigenvalue weighted by molar-refractivity contribution is -0.132. The van der Waals surface area contributed by atoms with E-state index in [4.69, 9.17) is 0 Å². The predicted octanol–water partition coefficient (Wildman–Crippen LogP) is 3.42. The lowest BCUT2D eigenvalue weighted by Crippen LogP contribution is -2.44. The molecule has 20 heavy (non-hydrogen) atoms. The van der Waals surface area contributed by atoms with E-state index in [0.29, 0.717) is 11.8 Å². The van der Waals surface area contributed by atoms with Gasteiger partial charge < -0.3 is 4.90 Å². The molecule has 1 saturated heterocycles. The Hall–Kier alpha value is -0.960. The molecule has 1 aromatic carbocycles. The molecule has 110 valence electrons. The highest BCUT2D eigenvalue weighted by Gasteiger charge is 2.27. The standard InChI is InChI=1S/C17H25NOS/c1-13(2)16(20)17(19)18-10-8-15(9-11-18)12-14-6-4-3-5-7-14/h3-7,13,15-16,20H,8-12H2,1-2H3. The Kier molecular flexibility index (Phi) is 5.53. The fourth-order valence-electron chi connectivity index (χ4n) is 2.78. The molecule has 0 aliphatic carbocycles. The molecule has 0 saturated carbocycles. The molecule has 0 spiro atoms. The number of carbonyl (C=O) groups is 1. The van der Waals surface area contributed by atoms with Crippen LogP contribution in [0.4, 0.5) is 0 Å². The van der Waals surface area contributed by atoms with Crippen LogP contribution < -0.4 is 0 Å². The summed E-state index contributed by atoms with van der Waals surface area (Å²) < 4.78 is 0. The minimum absolute atomic E-state index is 0.152. The highest BCUT2D eigenvalue weighted by Crippen LogP contribution is 2.23. The Balaban J connectivity index is 1.82. The van der Waals surface area contributed by atoms with Gasteiger partial charge in [-0.25, -0.2) is 0 Å². The van der Waals surface area contributed by atoms with Crippen molar-refractivity contribution in [2.24, 2.45) is 11.8 Å². The summed E-state index contributed by atoms with van der Waals surface area (Å²) in [6, 6.07) is 10.6.